The highest BCUT2D eigenvalue weighted by Gasteiger charge is 2.35. The Balaban J connectivity index is 1.78. The highest BCUT2D eigenvalue weighted by molar-refractivity contribution is 5.79. The Morgan fingerprint density at radius 3 is 3.05 bits per heavy atom. The number of amides is 1. The van der Waals surface area contributed by atoms with Crippen LogP contribution in [0.1, 0.15) is 25.6 Å². The number of carbonyl (C=O) groups excluding carboxylic acids is 1. The van der Waals surface area contributed by atoms with E-state index in [0.717, 1.165) is 50.1 Å². The lowest BCUT2D eigenvalue weighted by atomic mass is 10.1. The molecule has 0 spiro atoms. The molecule has 1 atom stereocenters. The van der Waals surface area contributed by atoms with Crippen LogP contribution >= 0.6 is 0 Å². The van der Waals surface area contributed by atoms with Crippen molar-refractivity contribution in [1.82, 2.24) is 14.9 Å². The normalized spacial score (nSPS) is 22.1. The van der Waals surface area contributed by atoms with Crippen molar-refractivity contribution in [1.29, 1.82) is 0 Å². The van der Waals surface area contributed by atoms with Gasteiger partial charge in [-0.1, -0.05) is 0 Å². The third-order valence-electron chi connectivity index (χ3n) is 4.00. The first kappa shape index (κ1) is 13.1. The molecule has 6 heteroatoms. The number of rotatable bonds is 3. The summed E-state index contributed by atoms with van der Waals surface area (Å²) >= 11 is 0. The van der Waals surface area contributed by atoms with Gasteiger partial charge in [-0.15, -0.1) is 0 Å². The molecule has 0 saturated carbocycles. The zero-order valence-electron chi connectivity index (χ0n) is 12.1. The predicted molar refractivity (Wildman–Crippen MR) is 77.9 cm³/mol. The van der Waals surface area contributed by atoms with Gasteiger partial charge in [0.1, 0.15) is 17.5 Å². The van der Waals surface area contributed by atoms with Crippen LogP contribution in [0, 0.1) is 6.92 Å². The van der Waals surface area contributed by atoms with Crippen molar-refractivity contribution in [3.05, 3.63) is 11.9 Å². The Morgan fingerprint density at radius 1 is 1.40 bits per heavy atom. The molecule has 1 N–H and O–H groups in total. The van der Waals surface area contributed by atoms with E-state index in [1.165, 1.54) is 0 Å². The van der Waals surface area contributed by atoms with Crippen LogP contribution in [0.4, 0.5) is 11.6 Å². The standard InChI is InChI=1S/C14H21N5O/c1-3-15-12-8-13(17-10(2)16-12)18-6-7-19-11(9-18)4-5-14(19)20/h8,11H,3-7,9H2,1-2H3,(H,15,16,17). The van der Waals surface area contributed by atoms with Crippen molar-refractivity contribution in [2.45, 2.75) is 32.7 Å². The lowest BCUT2D eigenvalue weighted by Gasteiger charge is -2.38. The van der Waals surface area contributed by atoms with E-state index in [0.29, 0.717) is 18.4 Å². The zero-order valence-corrected chi connectivity index (χ0v) is 12.1. The summed E-state index contributed by atoms with van der Waals surface area (Å²) < 4.78 is 0. The lowest BCUT2D eigenvalue weighted by molar-refractivity contribution is -0.129. The molecule has 2 aliphatic heterocycles. The van der Waals surface area contributed by atoms with Gasteiger partial charge in [0.05, 0.1) is 0 Å². The molecule has 1 aromatic heterocycles. The van der Waals surface area contributed by atoms with Crippen molar-refractivity contribution < 1.29 is 4.79 Å². The number of nitrogens with zero attached hydrogens (tertiary/aromatic N) is 4. The molecule has 2 saturated heterocycles. The number of aromatic nitrogens is 2. The second kappa shape index (κ2) is 5.26. The highest BCUT2D eigenvalue weighted by Crippen LogP contribution is 2.26. The first-order valence-electron chi connectivity index (χ1n) is 7.31. The molecule has 3 rings (SSSR count). The van der Waals surface area contributed by atoms with Crippen molar-refractivity contribution in [3.63, 3.8) is 0 Å². The number of carbonyl (C=O) groups is 1. The minimum atomic E-state index is 0.307. The maximum atomic E-state index is 11.7. The Labute approximate surface area is 119 Å². The van der Waals surface area contributed by atoms with Crippen LogP contribution in [0.2, 0.25) is 0 Å². The summed E-state index contributed by atoms with van der Waals surface area (Å²) in [5.41, 5.74) is 0. The van der Waals surface area contributed by atoms with Gasteiger partial charge in [0.25, 0.3) is 0 Å². The van der Waals surface area contributed by atoms with Gasteiger partial charge in [0, 0.05) is 44.7 Å². The number of fused-ring (bicyclic) bond motifs is 1. The monoisotopic (exact) mass is 275 g/mol. The number of hydrogen-bond donors (Lipinski definition) is 1. The van der Waals surface area contributed by atoms with Crippen LogP contribution < -0.4 is 10.2 Å². The van der Waals surface area contributed by atoms with Gasteiger partial charge >= 0.3 is 0 Å². The largest absolute Gasteiger partial charge is 0.370 e. The molecule has 6 nitrogen and oxygen atoms in total. The van der Waals surface area contributed by atoms with Crippen LogP contribution in [0.5, 0.6) is 0 Å². The molecule has 20 heavy (non-hydrogen) atoms. The topological polar surface area (TPSA) is 61.4 Å². The summed E-state index contributed by atoms with van der Waals surface area (Å²) in [5, 5.41) is 3.24. The Hall–Kier alpha value is -1.85. The predicted octanol–water partition coefficient (Wildman–Crippen LogP) is 1.03. The first-order chi connectivity index (χ1) is 9.67. The third kappa shape index (κ3) is 2.42. The van der Waals surface area contributed by atoms with Gasteiger partial charge in [-0.05, 0) is 20.3 Å². The molecule has 2 aliphatic rings. The van der Waals surface area contributed by atoms with E-state index in [4.69, 9.17) is 0 Å². The van der Waals surface area contributed by atoms with E-state index >= 15 is 0 Å². The Kier molecular flexibility index (Phi) is 3.46. The minimum Gasteiger partial charge on any atom is -0.370 e. The summed E-state index contributed by atoms with van der Waals surface area (Å²) in [6.07, 6.45) is 1.67. The summed E-state index contributed by atoms with van der Waals surface area (Å²) in [5.74, 6) is 2.93. The Bertz CT molecular complexity index is 518. The van der Waals surface area contributed by atoms with Gasteiger partial charge in [-0.2, -0.15) is 0 Å². The van der Waals surface area contributed by atoms with E-state index in [1.807, 2.05) is 17.9 Å². The molecule has 0 radical (unpaired) electrons. The fraction of sp³-hybridized carbons (Fsp3) is 0.643. The average molecular weight is 275 g/mol. The number of nitrogens with one attached hydrogen (secondary N) is 1. The van der Waals surface area contributed by atoms with Crippen LogP contribution in [0.25, 0.3) is 0 Å². The van der Waals surface area contributed by atoms with Gasteiger partial charge in [0.2, 0.25) is 5.91 Å². The first-order valence-corrected chi connectivity index (χ1v) is 7.31. The quantitative estimate of drug-likeness (QED) is 0.892. The fourth-order valence-corrected chi connectivity index (χ4v) is 3.06. The molecule has 1 unspecified atom stereocenters. The van der Waals surface area contributed by atoms with Gasteiger partial charge in [0.15, 0.2) is 0 Å². The van der Waals surface area contributed by atoms with Gasteiger partial charge in [-0.25, -0.2) is 9.97 Å². The summed E-state index contributed by atoms with van der Waals surface area (Å²) in [4.78, 5) is 24.9. The van der Waals surface area contributed by atoms with E-state index in [9.17, 15) is 4.79 Å². The molecule has 0 aromatic carbocycles. The maximum Gasteiger partial charge on any atom is 0.223 e. The number of anilines is 2. The summed E-state index contributed by atoms with van der Waals surface area (Å²) in [7, 11) is 0. The molecular formula is C14H21N5O. The number of aryl methyl sites for hydroxylation is 1. The van der Waals surface area contributed by atoms with Crippen LogP contribution in [-0.2, 0) is 4.79 Å². The molecule has 0 bridgehead atoms. The van der Waals surface area contributed by atoms with Crippen molar-refractivity contribution in [3.8, 4) is 0 Å². The van der Waals surface area contributed by atoms with Crippen LogP contribution in [0.3, 0.4) is 0 Å². The molecule has 1 aromatic rings. The highest BCUT2D eigenvalue weighted by atomic mass is 16.2. The average Bonchev–Trinajstić information content (AvgIpc) is 2.80. The fourth-order valence-electron chi connectivity index (χ4n) is 3.06. The minimum absolute atomic E-state index is 0.307. The van der Waals surface area contributed by atoms with E-state index in [1.54, 1.807) is 0 Å². The summed E-state index contributed by atoms with van der Waals surface area (Å²) in [6, 6.07) is 2.36. The second-order valence-electron chi connectivity index (χ2n) is 5.41. The molecule has 3 heterocycles. The Morgan fingerprint density at radius 2 is 2.25 bits per heavy atom. The van der Waals surface area contributed by atoms with E-state index < -0.39 is 0 Å². The number of piperazine rings is 1. The third-order valence-corrected chi connectivity index (χ3v) is 4.00. The van der Waals surface area contributed by atoms with E-state index in [-0.39, 0.29) is 0 Å². The van der Waals surface area contributed by atoms with Crippen molar-refractivity contribution in [2.24, 2.45) is 0 Å². The van der Waals surface area contributed by atoms with Crippen molar-refractivity contribution in [2.75, 3.05) is 36.4 Å². The second-order valence-corrected chi connectivity index (χ2v) is 5.41. The maximum absolute atomic E-state index is 11.7. The van der Waals surface area contributed by atoms with Crippen molar-refractivity contribution >= 4 is 17.5 Å². The molecule has 1 amide bonds. The summed E-state index contributed by atoms with van der Waals surface area (Å²) in [6.45, 7) is 7.36. The molecular weight excluding hydrogens is 254 g/mol. The van der Waals surface area contributed by atoms with E-state index in [2.05, 4.69) is 27.1 Å². The molecule has 108 valence electrons. The number of hydrogen-bond acceptors (Lipinski definition) is 5. The smallest absolute Gasteiger partial charge is 0.223 e. The zero-order chi connectivity index (χ0) is 14.1. The van der Waals surface area contributed by atoms with Crippen LogP contribution in [0.15, 0.2) is 6.07 Å². The SMILES string of the molecule is CCNc1cc(N2CCN3C(=O)CCC3C2)nc(C)n1. The molecule has 0 aliphatic carbocycles. The molecule has 2 fully saturated rings. The van der Waals surface area contributed by atoms with Gasteiger partial charge < -0.3 is 15.1 Å². The lowest BCUT2D eigenvalue weighted by Crippen LogP contribution is -2.51. The van der Waals surface area contributed by atoms with Crippen LogP contribution in [-0.4, -0.2) is 53.0 Å². The van der Waals surface area contributed by atoms with Gasteiger partial charge in [-0.3, -0.25) is 4.79 Å².